The Morgan fingerprint density at radius 3 is 2.53 bits per heavy atom. The summed E-state index contributed by atoms with van der Waals surface area (Å²) in [6.07, 6.45) is 2.32. The highest BCUT2D eigenvalue weighted by Crippen LogP contribution is 2.20. The molecule has 0 aromatic rings. The zero-order valence-corrected chi connectivity index (χ0v) is 9.71. The highest BCUT2D eigenvalue weighted by molar-refractivity contribution is 4.95. The number of rotatable bonds is 3. The fourth-order valence-electron chi connectivity index (χ4n) is 2.62. The molecule has 15 heavy (non-hydrogen) atoms. The van der Waals surface area contributed by atoms with Crippen molar-refractivity contribution in [3.8, 4) is 0 Å². The standard InChI is InChI=1S/C11H23N3O/c1-13-5-7-14(8-6-13)9-11(10-15)3-2-4-12-11/h12,15H,2-10H2,1H3. The number of hydrogen-bond acceptors (Lipinski definition) is 4. The van der Waals surface area contributed by atoms with Gasteiger partial charge in [-0.15, -0.1) is 0 Å². The largest absolute Gasteiger partial charge is 0.394 e. The Morgan fingerprint density at radius 2 is 2.00 bits per heavy atom. The molecule has 0 aromatic carbocycles. The van der Waals surface area contributed by atoms with Crippen LogP contribution in [0.5, 0.6) is 0 Å². The number of nitrogens with zero attached hydrogens (tertiary/aromatic N) is 2. The first-order chi connectivity index (χ1) is 7.24. The predicted octanol–water partition coefficient (Wildman–Crippen LogP) is -0.652. The van der Waals surface area contributed by atoms with Gasteiger partial charge >= 0.3 is 0 Å². The second-order valence-electron chi connectivity index (χ2n) is 5.05. The van der Waals surface area contributed by atoms with E-state index in [2.05, 4.69) is 22.2 Å². The van der Waals surface area contributed by atoms with Crippen LogP contribution in [0.15, 0.2) is 0 Å². The summed E-state index contributed by atoms with van der Waals surface area (Å²) >= 11 is 0. The minimum atomic E-state index is -0.00406. The molecule has 2 rings (SSSR count). The van der Waals surface area contributed by atoms with Crippen LogP contribution < -0.4 is 5.32 Å². The van der Waals surface area contributed by atoms with Crippen molar-refractivity contribution >= 4 is 0 Å². The van der Waals surface area contributed by atoms with Crippen LogP contribution in [0.3, 0.4) is 0 Å². The summed E-state index contributed by atoms with van der Waals surface area (Å²) < 4.78 is 0. The molecule has 4 nitrogen and oxygen atoms in total. The number of likely N-dealkylation sites (N-methyl/N-ethyl adjacent to an activating group) is 1. The second kappa shape index (κ2) is 4.78. The molecule has 2 fully saturated rings. The van der Waals surface area contributed by atoms with Gasteiger partial charge in [0.2, 0.25) is 0 Å². The van der Waals surface area contributed by atoms with E-state index in [0.29, 0.717) is 0 Å². The molecule has 1 atom stereocenters. The summed E-state index contributed by atoms with van der Waals surface area (Å²) in [6, 6.07) is 0. The molecule has 2 saturated heterocycles. The van der Waals surface area contributed by atoms with E-state index in [-0.39, 0.29) is 12.1 Å². The molecule has 2 aliphatic rings. The molecule has 4 heteroatoms. The lowest BCUT2D eigenvalue weighted by atomic mass is 9.97. The van der Waals surface area contributed by atoms with E-state index in [1.165, 1.54) is 6.42 Å². The normalized spacial score (nSPS) is 34.8. The van der Waals surface area contributed by atoms with Crippen LogP contribution in [0, 0.1) is 0 Å². The molecule has 0 radical (unpaired) electrons. The monoisotopic (exact) mass is 213 g/mol. The molecule has 88 valence electrons. The van der Waals surface area contributed by atoms with E-state index < -0.39 is 0 Å². The molecule has 0 aromatic heterocycles. The molecule has 1 unspecified atom stereocenters. The van der Waals surface area contributed by atoms with E-state index in [9.17, 15) is 5.11 Å². The molecule has 2 N–H and O–H groups in total. The van der Waals surface area contributed by atoms with E-state index in [1.807, 2.05) is 0 Å². The number of aliphatic hydroxyl groups excluding tert-OH is 1. The number of nitrogens with one attached hydrogen (secondary N) is 1. The van der Waals surface area contributed by atoms with E-state index in [0.717, 1.165) is 45.7 Å². The van der Waals surface area contributed by atoms with Crippen molar-refractivity contribution in [2.45, 2.75) is 18.4 Å². The number of piperazine rings is 1. The Balaban J connectivity index is 1.84. The van der Waals surface area contributed by atoms with Gasteiger partial charge < -0.3 is 15.3 Å². The third kappa shape index (κ3) is 2.69. The van der Waals surface area contributed by atoms with Gasteiger partial charge in [0.15, 0.2) is 0 Å². The van der Waals surface area contributed by atoms with E-state index in [1.54, 1.807) is 0 Å². The van der Waals surface area contributed by atoms with E-state index >= 15 is 0 Å². The molecular weight excluding hydrogens is 190 g/mol. The lowest BCUT2D eigenvalue weighted by Gasteiger charge is -2.38. The van der Waals surface area contributed by atoms with Gasteiger partial charge in [-0.2, -0.15) is 0 Å². The van der Waals surface area contributed by atoms with Gasteiger partial charge in [0.1, 0.15) is 0 Å². The maximum absolute atomic E-state index is 9.50. The van der Waals surface area contributed by atoms with Gasteiger partial charge in [0, 0.05) is 32.7 Å². The van der Waals surface area contributed by atoms with Gasteiger partial charge in [-0.3, -0.25) is 4.90 Å². The average Bonchev–Trinajstić information content (AvgIpc) is 2.71. The third-order valence-electron chi connectivity index (χ3n) is 3.76. The van der Waals surface area contributed by atoms with Crippen LogP contribution in [0.4, 0.5) is 0 Å². The quantitative estimate of drug-likeness (QED) is 0.653. The van der Waals surface area contributed by atoms with Crippen LogP contribution in [0.2, 0.25) is 0 Å². The molecule has 0 amide bonds. The average molecular weight is 213 g/mol. The summed E-state index contributed by atoms with van der Waals surface area (Å²) in [5.41, 5.74) is -0.00406. The topological polar surface area (TPSA) is 38.7 Å². The fraction of sp³-hybridized carbons (Fsp3) is 1.00. The van der Waals surface area contributed by atoms with Crippen molar-refractivity contribution in [2.75, 3.05) is 52.9 Å². The molecule has 0 saturated carbocycles. The lowest BCUT2D eigenvalue weighted by Crippen LogP contribution is -2.56. The maximum Gasteiger partial charge on any atom is 0.0625 e. The van der Waals surface area contributed by atoms with E-state index in [4.69, 9.17) is 0 Å². The molecule has 2 aliphatic heterocycles. The Hall–Kier alpha value is -0.160. The molecular formula is C11H23N3O. The van der Waals surface area contributed by atoms with Crippen LogP contribution >= 0.6 is 0 Å². The third-order valence-corrected chi connectivity index (χ3v) is 3.76. The minimum Gasteiger partial charge on any atom is -0.394 e. The van der Waals surface area contributed by atoms with Gasteiger partial charge in [-0.25, -0.2) is 0 Å². The van der Waals surface area contributed by atoms with Crippen LogP contribution in [0.25, 0.3) is 0 Å². The summed E-state index contributed by atoms with van der Waals surface area (Å²) in [7, 11) is 2.17. The Kier molecular flexibility index (Phi) is 3.61. The van der Waals surface area contributed by atoms with Gasteiger partial charge in [0.05, 0.1) is 12.1 Å². The lowest BCUT2D eigenvalue weighted by molar-refractivity contribution is 0.0879. The predicted molar refractivity (Wildman–Crippen MR) is 61.0 cm³/mol. The van der Waals surface area contributed by atoms with Crippen LogP contribution in [0.1, 0.15) is 12.8 Å². The molecule has 0 bridgehead atoms. The first-order valence-corrected chi connectivity index (χ1v) is 6.01. The zero-order valence-electron chi connectivity index (χ0n) is 9.71. The second-order valence-corrected chi connectivity index (χ2v) is 5.05. The van der Waals surface area contributed by atoms with Crippen LogP contribution in [-0.2, 0) is 0 Å². The Bertz CT molecular complexity index is 196. The smallest absolute Gasteiger partial charge is 0.0625 e. The highest BCUT2D eigenvalue weighted by atomic mass is 16.3. The van der Waals surface area contributed by atoms with Crippen molar-refractivity contribution < 1.29 is 5.11 Å². The first kappa shape index (κ1) is 11.3. The minimum absolute atomic E-state index is 0.00406. The highest BCUT2D eigenvalue weighted by Gasteiger charge is 2.34. The fourth-order valence-corrected chi connectivity index (χ4v) is 2.62. The maximum atomic E-state index is 9.50. The van der Waals surface area contributed by atoms with Gasteiger partial charge in [0.25, 0.3) is 0 Å². The zero-order chi connectivity index (χ0) is 10.7. The van der Waals surface area contributed by atoms with Crippen molar-refractivity contribution in [2.24, 2.45) is 0 Å². The number of hydrogen-bond donors (Lipinski definition) is 2. The van der Waals surface area contributed by atoms with Crippen molar-refractivity contribution in [1.29, 1.82) is 0 Å². The summed E-state index contributed by atoms with van der Waals surface area (Å²) in [5, 5.41) is 13.0. The Labute approximate surface area is 92.2 Å². The SMILES string of the molecule is CN1CCN(CC2(CO)CCCN2)CC1. The Morgan fingerprint density at radius 1 is 1.27 bits per heavy atom. The summed E-state index contributed by atoms with van der Waals surface area (Å²) in [5.74, 6) is 0. The first-order valence-electron chi connectivity index (χ1n) is 6.01. The van der Waals surface area contributed by atoms with Crippen molar-refractivity contribution in [3.63, 3.8) is 0 Å². The van der Waals surface area contributed by atoms with Gasteiger partial charge in [-0.05, 0) is 26.4 Å². The van der Waals surface area contributed by atoms with Crippen molar-refractivity contribution in [1.82, 2.24) is 15.1 Å². The molecule has 2 heterocycles. The summed E-state index contributed by atoms with van der Waals surface area (Å²) in [4.78, 5) is 4.85. The molecule has 0 aliphatic carbocycles. The molecule has 0 spiro atoms. The van der Waals surface area contributed by atoms with Gasteiger partial charge in [-0.1, -0.05) is 0 Å². The van der Waals surface area contributed by atoms with Crippen LogP contribution in [-0.4, -0.2) is 73.4 Å². The summed E-state index contributed by atoms with van der Waals surface area (Å²) in [6.45, 7) is 6.94. The number of aliphatic hydroxyl groups is 1. The van der Waals surface area contributed by atoms with Crippen molar-refractivity contribution in [3.05, 3.63) is 0 Å².